The van der Waals surface area contributed by atoms with Crippen LogP contribution in [0.25, 0.3) is 0 Å². The maximum atomic E-state index is 13.1. The predicted octanol–water partition coefficient (Wildman–Crippen LogP) is 24.0. The van der Waals surface area contributed by atoms with Crippen LogP contribution in [0.15, 0.2) is 0 Å². The van der Waals surface area contributed by atoms with Gasteiger partial charge in [-0.1, -0.05) is 364 Å². The largest absolute Gasteiger partial charge is 0.472 e. The summed E-state index contributed by atoms with van der Waals surface area (Å²) in [6, 6.07) is 0. The Morgan fingerprint density at radius 2 is 0.480 bits per heavy atom. The standard InChI is InChI=1S/C81H158O17P2/c1-9-74(8)60-52-44-39-40-46-54-62-79(84)92-68-77(98-81(86)63-55-47-37-31-25-18-12-10-11-15-21-27-33-41-49-57-71(2)3)70-96-100(89,90)94-66-75(82)65-93-99(87,88)95-69-76(97-80(85)64-56-48-38-32-26-20-14-17-23-29-35-43-51-59-73(6)7)67-91-78(83)61-53-45-36-30-24-19-13-16-22-28-34-42-50-58-72(4)5/h71-77,82H,9-70H2,1-8H3,(H,87,88)(H,89,90)/t74?,75-,76-,77-/m1/s1. The number of ether oxygens (including phenoxy) is 4. The van der Waals surface area contributed by atoms with Crippen molar-refractivity contribution in [2.45, 2.75) is 433 Å². The van der Waals surface area contributed by atoms with E-state index in [4.69, 9.17) is 37.0 Å². The van der Waals surface area contributed by atoms with Gasteiger partial charge in [0.1, 0.15) is 19.3 Å². The smallest absolute Gasteiger partial charge is 0.462 e. The lowest BCUT2D eigenvalue weighted by molar-refractivity contribution is -0.161. The lowest BCUT2D eigenvalue weighted by Gasteiger charge is -2.21. The average molecular weight is 1470 g/mol. The Morgan fingerprint density at radius 1 is 0.280 bits per heavy atom. The van der Waals surface area contributed by atoms with Gasteiger partial charge in [-0.2, -0.15) is 0 Å². The Balaban J connectivity index is 5.25. The molecule has 0 aromatic rings. The van der Waals surface area contributed by atoms with Gasteiger partial charge in [-0.3, -0.25) is 37.3 Å². The molecule has 0 aliphatic heterocycles. The van der Waals surface area contributed by atoms with Crippen molar-refractivity contribution in [2.75, 3.05) is 39.6 Å². The van der Waals surface area contributed by atoms with E-state index in [0.717, 1.165) is 120 Å². The van der Waals surface area contributed by atoms with Gasteiger partial charge in [0, 0.05) is 25.7 Å². The number of hydrogen-bond acceptors (Lipinski definition) is 15. The summed E-state index contributed by atoms with van der Waals surface area (Å²) >= 11 is 0. The fraction of sp³-hybridized carbons (Fsp3) is 0.951. The summed E-state index contributed by atoms with van der Waals surface area (Å²) in [5, 5.41) is 10.6. The Morgan fingerprint density at radius 3 is 0.710 bits per heavy atom. The molecule has 0 radical (unpaired) electrons. The summed E-state index contributed by atoms with van der Waals surface area (Å²) in [5.74, 6) is 0.997. The van der Waals surface area contributed by atoms with E-state index in [-0.39, 0.29) is 25.7 Å². The van der Waals surface area contributed by atoms with Crippen molar-refractivity contribution >= 4 is 39.5 Å². The highest BCUT2D eigenvalue weighted by Gasteiger charge is 2.30. The molecule has 3 unspecified atom stereocenters. The fourth-order valence-electron chi connectivity index (χ4n) is 12.4. The van der Waals surface area contributed by atoms with Crippen molar-refractivity contribution in [1.82, 2.24) is 0 Å². The van der Waals surface area contributed by atoms with Gasteiger partial charge in [0.25, 0.3) is 0 Å². The number of aliphatic hydroxyl groups excluding tert-OH is 1. The van der Waals surface area contributed by atoms with Crippen molar-refractivity contribution < 1.29 is 80.2 Å². The van der Waals surface area contributed by atoms with Gasteiger partial charge in [-0.15, -0.1) is 0 Å². The first-order chi connectivity index (χ1) is 48.1. The monoisotopic (exact) mass is 1470 g/mol. The average Bonchev–Trinajstić information content (AvgIpc) is 0.924. The minimum atomic E-state index is -4.96. The Hall–Kier alpha value is -1.94. The molecule has 17 nitrogen and oxygen atoms in total. The molecule has 0 fully saturated rings. The third-order valence-electron chi connectivity index (χ3n) is 19.2. The molecule has 0 aliphatic carbocycles. The van der Waals surface area contributed by atoms with Gasteiger partial charge in [0.2, 0.25) is 0 Å². The Kier molecular flexibility index (Phi) is 68.7. The summed E-state index contributed by atoms with van der Waals surface area (Å²) in [7, 11) is -9.92. The number of esters is 4. The highest BCUT2D eigenvalue weighted by Crippen LogP contribution is 2.45. The number of phosphoric acid groups is 2. The predicted molar refractivity (Wildman–Crippen MR) is 409 cm³/mol. The minimum absolute atomic E-state index is 0.107. The zero-order valence-corrected chi connectivity index (χ0v) is 67.6. The third-order valence-corrected chi connectivity index (χ3v) is 21.1. The molecule has 0 saturated heterocycles. The molecule has 0 aromatic heterocycles. The summed E-state index contributed by atoms with van der Waals surface area (Å²) in [6.07, 6.45) is 56.9. The van der Waals surface area contributed by atoms with Crippen LogP contribution in [-0.4, -0.2) is 96.7 Å². The molecule has 0 rings (SSSR count). The fourth-order valence-corrected chi connectivity index (χ4v) is 14.0. The highest BCUT2D eigenvalue weighted by atomic mass is 31.2. The third kappa shape index (κ3) is 73.0. The summed E-state index contributed by atoms with van der Waals surface area (Å²) < 4.78 is 68.7. The second-order valence-corrected chi connectivity index (χ2v) is 33.7. The zero-order valence-electron chi connectivity index (χ0n) is 65.8. The van der Waals surface area contributed by atoms with Crippen LogP contribution in [0, 0.1) is 23.7 Å². The minimum Gasteiger partial charge on any atom is -0.462 e. The van der Waals surface area contributed by atoms with E-state index in [1.54, 1.807) is 0 Å². The maximum absolute atomic E-state index is 13.1. The van der Waals surface area contributed by atoms with Crippen molar-refractivity contribution in [3.63, 3.8) is 0 Å². The Labute approximate surface area is 613 Å². The number of hydrogen-bond donors (Lipinski definition) is 3. The van der Waals surface area contributed by atoms with Crippen LogP contribution in [0.4, 0.5) is 0 Å². The number of carbonyl (C=O) groups excluding carboxylic acids is 4. The molecule has 0 heterocycles. The lowest BCUT2D eigenvalue weighted by Crippen LogP contribution is -2.30. The van der Waals surface area contributed by atoms with Crippen LogP contribution in [0.2, 0.25) is 0 Å². The van der Waals surface area contributed by atoms with E-state index in [2.05, 4.69) is 55.4 Å². The SMILES string of the molecule is CCC(C)CCCCCCCCC(=O)OC[C@H](COP(=O)(O)OC[C@H](O)COP(=O)(O)OC[C@@H](COC(=O)CCCCCCCCCCCCCCCC(C)C)OC(=O)CCCCCCCCCCCCCCCC(C)C)OC(=O)CCCCCCCCCCCCCCCCCC(C)C. The van der Waals surface area contributed by atoms with E-state index in [0.29, 0.717) is 25.7 Å². The van der Waals surface area contributed by atoms with Gasteiger partial charge in [-0.05, 0) is 49.4 Å². The van der Waals surface area contributed by atoms with Crippen molar-refractivity contribution in [1.29, 1.82) is 0 Å². The molecular formula is C81H158O17P2. The molecule has 594 valence electrons. The first-order valence-electron chi connectivity index (χ1n) is 41.7. The molecule has 0 spiro atoms. The quantitative estimate of drug-likeness (QED) is 0.0222. The van der Waals surface area contributed by atoms with E-state index in [1.165, 1.54) is 212 Å². The molecule has 6 atom stereocenters. The van der Waals surface area contributed by atoms with E-state index in [1.807, 2.05) is 0 Å². The Bertz CT molecular complexity index is 1960. The van der Waals surface area contributed by atoms with Crippen molar-refractivity contribution in [3.8, 4) is 0 Å². The van der Waals surface area contributed by atoms with Crippen LogP contribution in [0.3, 0.4) is 0 Å². The van der Waals surface area contributed by atoms with Gasteiger partial charge in [0.15, 0.2) is 12.2 Å². The van der Waals surface area contributed by atoms with Gasteiger partial charge >= 0.3 is 39.5 Å². The van der Waals surface area contributed by atoms with Crippen LogP contribution in [0.1, 0.15) is 415 Å². The van der Waals surface area contributed by atoms with Crippen LogP contribution >= 0.6 is 15.6 Å². The molecule has 3 N–H and O–H groups in total. The number of aliphatic hydroxyl groups is 1. The second kappa shape index (κ2) is 70.1. The number of unbranched alkanes of at least 4 members (excludes halogenated alkanes) is 43. The van der Waals surface area contributed by atoms with Gasteiger partial charge in [-0.25, -0.2) is 9.13 Å². The lowest BCUT2D eigenvalue weighted by atomic mass is 10.00. The summed E-state index contributed by atoms with van der Waals surface area (Å²) in [6.45, 7) is 14.3. The van der Waals surface area contributed by atoms with Crippen LogP contribution in [-0.2, 0) is 65.4 Å². The molecular weight excluding hydrogens is 1310 g/mol. The normalized spacial score (nSPS) is 14.3. The first-order valence-corrected chi connectivity index (χ1v) is 44.7. The van der Waals surface area contributed by atoms with E-state index >= 15 is 0 Å². The van der Waals surface area contributed by atoms with E-state index < -0.39 is 97.5 Å². The first kappa shape index (κ1) is 98.1. The number of rotatable bonds is 78. The molecule has 0 bridgehead atoms. The zero-order chi connectivity index (χ0) is 73.8. The molecule has 100 heavy (non-hydrogen) atoms. The summed E-state index contributed by atoms with van der Waals surface area (Å²) in [4.78, 5) is 73.0. The summed E-state index contributed by atoms with van der Waals surface area (Å²) in [5.41, 5.74) is 0. The van der Waals surface area contributed by atoms with Crippen molar-refractivity contribution in [2.24, 2.45) is 23.7 Å². The van der Waals surface area contributed by atoms with Gasteiger partial charge in [0.05, 0.1) is 26.4 Å². The molecule has 0 aliphatic rings. The molecule has 0 aromatic carbocycles. The van der Waals surface area contributed by atoms with Gasteiger partial charge < -0.3 is 33.8 Å². The highest BCUT2D eigenvalue weighted by molar-refractivity contribution is 7.47. The second-order valence-electron chi connectivity index (χ2n) is 30.8. The maximum Gasteiger partial charge on any atom is 0.472 e. The van der Waals surface area contributed by atoms with Crippen LogP contribution < -0.4 is 0 Å². The molecule has 19 heteroatoms. The van der Waals surface area contributed by atoms with Crippen LogP contribution in [0.5, 0.6) is 0 Å². The van der Waals surface area contributed by atoms with E-state index in [9.17, 15) is 43.2 Å². The molecule has 0 amide bonds. The number of phosphoric ester groups is 2. The number of carbonyl (C=O) groups is 4. The topological polar surface area (TPSA) is 237 Å². The van der Waals surface area contributed by atoms with Crippen molar-refractivity contribution in [3.05, 3.63) is 0 Å². The molecule has 0 saturated carbocycles.